The predicted octanol–water partition coefficient (Wildman–Crippen LogP) is 1.70. The smallest absolute Gasteiger partial charge is 0.360 e. The molecule has 1 aliphatic heterocycles. The maximum Gasteiger partial charge on any atom is 0.360 e. The molecule has 1 saturated heterocycles. The van der Waals surface area contributed by atoms with Crippen molar-refractivity contribution in [1.82, 2.24) is 4.90 Å². The van der Waals surface area contributed by atoms with E-state index in [0.29, 0.717) is 32.6 Å². The summed E-state index contributed by atoms with van der Waals surface area (Å²) in [6, 6.07) is 0. The first-order valence-corrected chi connectivity index (χ1v) is 6.74. The molecule has 1 rings (SSSR count). The van der Waals surface area contributed by atoms with Crippen molar-refractivity contribution in [3.8, 4) is 0 Å². The first kappa shape index (κ1) is 15.0. The average Bonchev–Trinajstić information content (AvgIpc) is 2.75. The second-order valence-corrected chi connectivity index (χ2v) is 4.34. The number of carbonyl (C=O) groups excluding carboxylic acids is 2. The molecule has 0 aromatic carbocycles. The molecule has 0 saturated carbocycles. The quantitative estimate of drug-likeness (QED) is 0.680. The van der Waals surface area contributed by atoms with Gasteiger partial charge in [-0.1, -0.05) is 6.92 Å². The van der Waals surface area contributed by atoms with Gasteiger partial charge < -0.3 is 14.4 Å². The van der Waals surface area contributed by atoms with Gasteiger partial charge in [-0.05, 0) is 26.7 Å². The number of likely N-dealkylation sites (tertiary alicyclic amines) is 1. The number of carbonyl (C=O) groups is 2. The Balaban J connectivity index is 2.92. The van der Waals surface area contributed by atoms with Crippen molar-refractivity contribution in [2.45, 2.75) is 52.2 Å². The number of nitrogens with zero attached hydrogens (tertiary/aromatic N) is 1. The monoisotopic (exact) mass is 257 g/mol. The van der Waals surface area contributed by atoms with E-state index in [4.69, 9.17) is 9.47 Å². The summed E-state index contributed by atoms with van der Waals surface area (Å²) in [5, 5.41) is 0. The van der Waals surface area contributed by atoms with E-state index in [9.17, 15) is 9.59 Å². The van der Waals surface area contributed by atoms with Crippen LogP contribution in [0.25, 0.3) is 0 Å². The molecular formula is C13H23NO4. The number of hydrogen-bond donors (Lipinski definition) is 0. The lowest BCUT2D eigenvalue weighted by molar-refractivity contribution is -0.198. The molecular weight excluding hydrogens is 234 g/mol. The van der Waals surface area contributed by atoms with Gasteiger partial charge in [0.2, 0.25) is 11.6 Å². The summed E-state index contributed by atoms with van der Waals surface area (Å²) in [6.45, 7) is 6.77. The van der Waals surface area contributed by atoms with Gasteiger partial charge in [-0.3, -0.25) is 4.79 Å². The lowest BCUT2D eigenvalue weighted by Crippen LogP contribution is -2.55. The van der Waals surface area contributed by atoms with Gasteiger partial charge in [-0.15, -0.1) is 0 Å². The van der Waals surface area contributed by atoms with Gasteiger partial charge in [0.05, 0.1) is 6.61 Å². The molecule has 0 spiro atoms. The Morgan fingerprint density at radius 3 is 2.50 bits per heavy atom. The number of rotatable bonds is 6. The summed E-state index contributed by atoms with van der Waals surface area (Å²) < 4.78 is 10.7. The van der Waals surface area contributed by atoms with Crippen LogP contribution in [0.1, 0.15) is 46.5 Å². The molecule has 0 unspecified atom stereocenters. The van der Waals surface area contributed by atoms with Crippen LogP contribution in [0.2, 0.25) is 0 Å². The van der Waals surface area contributed by atoms with Crippen molar-refractivity contribution >= 4 is 11.9 Å². The van der Waals surface area contributed by atoms with E-state index < -0.39 is 11.7 Å². The topological polar surface area (TPSA) is 55.8 Å². The maximum atomic E-state index is 12.1. The van der Waals surface area contributed by atoms with Gasteiger partial charge in [-0.25, -0.2) is 4.79 Å². The van der Waals surface area contributed by atoms with Crippen molar-refractivity contribution < 1.29 is 19.1 Å². The fraction of sp³-hybridized carbons (Fsp3) is 0.846. The van der Waals surface area contributed by atoms with E-state index in [2.05, 4.69) is 0 Å². The van der Waals surface area contributed by atoms with E-state index in [1.807, 2.05) is 13.8 Å². The Labute approximate surface area is 108 Å². The van der Waals surface area contributed by atoms with E-state index in [1.54, 1.807) is 11.8 Å². The van der Waals surface area contributed by atoms with Crippen LogP contribution in [0, 0.1) is 0 Å². The zero-order valence-electron chi connectivity index (χ0n) is 11.5. The number of ether oxygens (including phenoxy) is 2. The molecule has 0 N–H and O–H groups in total. The highest BCUT2D eigenvalue weighted by Gasteiger charge is 2.51. The van der Waals surface area contributed by atoms with Crippen molar-refractivity contribution in [2.24, 2.45) is 0 Å². The molecule has 1 aliphatic rings. The van der Waals surface area contributed by atoms with Crippen LogP contribution >= 0.6 is 0 Å². The third-order valence-corrected chi connectivity index (χ3v) is 3.08. The minimum absolute atomic E-state index is 0.0310. The third-order valence-electron chi connectivity index (χ3n) is 3.08. The Kier molecular flexibility index (Phi) is 5.59. The van der Waals surface area contributed by atoms with Crippen LogP contribution in [0.15, 0.2) is 0 Å². The van der Waals surface area contributed by atoms with Crippen molar-refractivity contribution in [2.75, 3.05) is 19.8 Å². The van der Waals surface area contributed by atoms with E-state index in [-0.39, 0.29) is 5.91 Å². The van der Waals surface area contributed by atoms with Gasteiger partial charge in [0.25, 0.3) is 0 Å². The van der Waals surface area contributed by atoms with Crippen LogP contribution in [0.3, 0.4) is 0 Å². The minimum atomic E-state index is -1.18. The van der Waals surface area contributed by atoms with Crippen molar-refractivity contribution in [3.63, 3.8) is 0 Å². The molecule has 0 radical (unpaired) electrons. The molecule has 1 atom stereocenters. The second kappa shape index (κ2) is 6.73. The van der Waals surface area contributed by atoms with Gasteiger partial charge in [-0.2, -0.15) is 0 Å². The first-order chi connectivity index (χ1) is 8.62. The largest absolute Gasteiger partial charge is 0.462 e. The van der Waals surface area contributed by atoms with E-state index in [1.165, 1.54) is 0 Å². The molecule has 0 aliphatic carbocycles. The number of hydrogen-bond acceptors (Lipinski definition) is 4. The minimum Gasteiger partial charge on any atom is -0.462 e. The molecule has 1 heterocycles. The molecule has 5 heteroatoms. The SMILES string of the molecule is CCCC(=O)N1CCC[C@@]1(OCC)C(=O)OCC. The summed E-state index contributed by atoms with van der Waals surface area (Å²) in [6.07, 6.45) is 2.50. The highest BCUT2D eigenvalue weighted by atomic mass is 16.6. The van der Waals surface area contributed by atoms with Crippen LogP contribution in [-0.2, 0) is 19.1 Å². The van der Waals surface area contributed by atoms with Crippen LogP contribution < -0.4 is 0 Å². The van der Waals surface area contributed by atoms with E-state index in [0.717, 1.165) is 12.8 Å². The summed E-state index contributed by atoms with van der Waals surface area (Å²) in [7, 11) is 0. The van der Waals surface area contributed by atoms with Crippen LogP contribution in [-0.4, -0.2) is 42.3 Å². The fourth-order valence-electron chi connectivity index (χ4n) is 2.37. The second-order valence-electron chi connectivity index (χ2n) is 4.34. The van der Waals surface area contributed by atoms with Crippen molar-refractivity contribution in [3.05, 3.63) is 0 Å². The first-order valence-electron chi connectivity index (χ1n) is 6.74. The molecule has 5 nitrogen and oxygen atoms in total. The normalized spacial score (nSPS) is 23.2. The predicted molar refractivity (Wildman–Crippen MR) is 66.8 cm³/mol. The van der Waals surface area contributed by atoms with Crippen molar-refractivity contribution in [1.29, 1.82) is 0 Å². The van der Waals surface area contributed by atoms with E-state index >= 15 is 0 Å². The van der Waals surface area contributed by atoms with Gasteiger partial charge >= 0.3 is 5.97 Å². The molecule has 104 valence electrons. The Bertz CT molecular complexity index is 305. The molecule has 1 fully saturated rings. The van der Waals surface area contributed by atoms with Crippen LogP contribution in [0.4, 0.5) is 0 Å². The molecule has 0 bridgehead atoms. The summed E-state index contributed by atoms with van der Waals surface area (Å²) >= 11 is 0. The number of esters is 1. The molecule has 1 amide bonds. The Morgan fingerprint density at radius 1 is 1.22 bits per heavy atom. The summed E-state index contributed by atoms with van der Waals surface area (Å²) in [5.74, 6) is -0.467. The highest BCUT2D eigenvalue weighted by Crippen LogP contribution is 2.32. The lowest BCUT2D eigenvalue weighted by Gasteiger charge is -2.35. The summed E-state index contributed by atoms with van der Waals surface area (Å²) in [4.78, 5) is 25.8. The third kappa shape index (κ3) is 2.83. The molecule has 0 aromatic rings. The maximum absolute atomic E-state index is 12.1. The molecule has 0 aromatic heterocycles. The zero-order valence-corrected chi connectivity index (χ0v) is 11.5. The fourth-order valence-corrected chi connectivity index (χ4v) is 2.37. The highest BCUT2D eigenvalue weighted by molar-refractivity contribution is 5.87. The van der Waals surface area contributed by atoms with Gasteiger partial charge in [0.1, 0.15) is 0 Å². The Hall–Kier alpha value is -1.10. The lowest BCUT2D eigenvalue weighted by atomic mass is 10.1. The van der Waals surface area contributed by atoms with Crippen LogP contribution in [0.5, 0.6) is 0 Å². The average molecular weight is 257 g/mol. The Morgan fingerprint density at radius 2 is 1.94 bits per heavy atom. The standard InChI is InChI=1S/C13H23NO4/c1-4-8-11(15)14-10-7-9-13(14,18-6-3)12(16)17-5-2/h4-10H2,1-3H3/t13-/m1/s1. The summed E-state index contributed by atoms with van der Waals surface area (Å²) in [5.41, 5.74) is -1.18. The zero-order chi connectivity index (χ0) is 13.6. The van der Waals surface area contributed by atoms with Gasteiger partial charge in [0.15, 0.2) is 0 Å². The molecule has 18 heavy (non-hydrogen) atoms. The van der Waals surface area contributed by atoms with Gasteiger partial charge in [0, 0.05) is 26.0 Å². The number of amides is 1.